The molecule has 4 heteroatoms. The van der Waals surface area contributed by atoms with Crippen molar-refractivity contribution < 1.29 is 9.53 Å². The van der Waals surface area contributed by atoms with Gasteiger partial charge in [-0.1, -0.05) is 24.6 Å². The first-order valence-corrected chi connectivity index (χ1v) is 7.79. The van der Waals surface area contributed by atoms with E-state index >= 15 is 0 Å². The van der Waals surface area contributed by atoms with Crippen LogP contribution in [0.25, 0.3) is 6.08 Å². The van der Waals surface area contributed by atoms with Crippen LogP contribution in [-0.2, 0) is 4.79 Å². The van der Waals surface area contributed by atoms with E-state index in [9.17, 15) is 4.79 Å². The van der Waals surface area contributed by atoms with E-state index in [0.717, 1.165) is 30.8 Å². The number of halogens is 1. The van der Waals surface area contributed by atoms with Crippen molar-refractivity contribution >= 4 is 23.5 Å². The van der Waals surface area contributed by atoms with Crippen LogP contribution in [0.1, 0.15) is 32.8 Å². The van der Waals surface area contributed by atoms with Gasteiger partial charge in [0, 0.05) is 25.1 Å². The van der Waals surface area contributed by atoms with Gasteiger partial charge in [0.25, 0.3) is 0 Å². The molecule has 1 aliphatic rings. The van der Waals surface area contributed by atoms with E-state index in [2.05, 4.69) is 11.8 Å². The van der Waals surface area contributed by atoms with Gasteiger partial charge in [0.05, 0.1) is 11.1 Å². The van der Waals surface area contributed by atoms with Crippen molar-refractivity contribution in [3.8, 4) is 5.75 Å². The molecular formula is C17H22ClNO2. The van der Waals surface area contributed by atoms with Gasteiger partial charge in [-0.2, -0.15) is 0 Å². The summed E-state index contributed by atoms with van der Waals surface area (Å²) in [4.78, 5) is 14.3. The van der Waals surface area contributed by atoms with Crippen molar-refractivity contribution in [1.82, 2.24) is 4.90 Å². The number of rotatable bonds is 4. The molecule has 1 heterocycles. The molecule has 0 N–H and O–H groups in total. The number of ketones is 1. The lowest BCUT2D eigenvalue weighted by atomic mass is 10.0. The van der Waals surface area contributed by atoms with Gasteiger partial charge >= 0.3 is 0 Å². The molecule has 0 amide bonds. The summed E-state index contributed by atoms with van der Waals surface area (Å²) in [7, 11) is 0. The maximum absolute atomic E-state index is 12.0. The minimum atomic E-state index is 0.0877. The number of benzene rings is 1. The Morgan fingerprint density at radius 1 is 1.43 bits per heavy atom. The molecule has 21 heavy (non-hydrogen) atoms. The molecule has 2 rings (SSSR count). The Morgan fingerprint density at radius 3 is 2.81 bits per heavy atom. The maximum Gasteiger partial charge on any atom is 0.161 e. The monoisotopic (exact) mass is 307 g/mol. The molecule has 0 saturated carbocycles. The van der Waals surface area contributed by atoms with Crippen molar-refractivity contribution in [1.29, 1.82) is 0 Å². The third-order valence-corrected chi connectivity index (χ3v) is 3.81. The molecule has 1 aliphatic heterocycles. The minimum absolute atomic E-state index is 0.0877. The number of hydrogen-bond acceptors (Lipinski definition) is 3. The number of hydrogen-bond donors (Lipinski definition) is 0. The van der Waals surface area contributed by atoms with Gasteiger partial charge in [0.2, 0.25) is 0 Å². The highest BCUT2D eigenvalue weighted by atomic mass is 35.5. The zero-order chi connectivity index (χ0) is 15.4. The molecule has 114 valence electrons. The standard InChI is InChI=1S/C17H22ClNO2/c1-4-19-8-7-16(20)14(11-19)9-13-5-6-17(15(18)10-13)21-12(2)3/h5-6,9-10,12H,4,7-8,11H2,1-3H3/b14-9+. The first-order valence-electron chi connectivity index (χ1n) is 7.42. The first-order chi connectivity index (χ1) is 9.99. The summed E-state index contributed by atoms with van der Waals surface area (Å²) in [5.74, 6) is 0.914. The van der Waals surface area contributed by atoms with E-state index in [-0.39, 0.29) is 11.9 Å². The molecule has 1 saturated heterocycles. The normalized spacial score (nSPS) is 18.5. The highest BCUT2D eigenvalue weighted by molar-refractivity contribution is 6.32. The van der Waals surface area contributed by atoms with Crippen LogP contribution < -0.4 is 4.74 Å². The number of carbonyl (C=O) groups is 1. The molecule has 1 fully saturated rings. The van der Waals surface area contributed by atoms with Crippen LogP contribution in [0.15, 0.2) is 23.8 Å². The predicted octanol–water partition coefficient (Wildman–Crippen LogP) is 3.81. The van der Waals surface area contributed by atoms with Crippen LogP contribution in [0.4, 0.5) is 0 Å². The van der Waals surface area contributed by atoms with Gasteiger partial charge in [-0.05, 0) is 44.2 Å². The summed E-state index contributed by atoms with van der Waals surface area (Å²) < 4.78 is 5.62. The summed E-state index contributed by atoms with van der Waals surface area (Å²) >= 11 is 6.23. The second kappa shape index (κ2) is 7.10. The fourth-order valence-electron chi connectivity index (χ4n) is 2.38. The number of Topliss-reactive ketones (excluding diaryl/α,β-unsaturated/α-hetero) is 1. The molecule has 0 aliphatic carbocycles. The van der Waals surface area contributed by atoms with Crippen molar-refractivity contribution in [2.24, 2.45) is 0 Å². The van der Waals surface area contributed by atoms with E-state index in [4.69, 9.17) is 16.3 Å². The van der Waals surface area contributed by atoms with Crippen LogP contribution in [0.2, 0.25) is 5.02 Å². The van der Waals surface area contributed by atoms with E-state index in [1.54, 1.807) is 0 Å². The average Bonchev–Trinajstić information content (AvgIpc) is 2.44. The highest BCUT2D eigenvalue weighted by Gasteiger charge is 2.20. The average molecular weight is 308 g/mol. The molecule has 0 atom stereocenters. The third kappa shape index (κ3) is 4.32. The first kappa shape index (κ1) is 16.1. The lowest BCUT2D eigenvalue weighted by Gasteiger charge is -2.26. The Bertz CT molecular complexity index is 552. The molecule has 1 aromatic rings. The smallest absolute Gasteiger partial charge is 0.161 e. The molecule has 0 radical (unpaired) electrons. The van der Waals surface area contributed by atoms with Crippen molar-refractivity contribution in [3.05, 3.63) is 34.4 Å². The van der Waals surface area contributed by atoms with Gasteiger partial charge in [-0.25, -0.2) is 0 Å². The summed E-state index contributed by atoms with van der Waals surface area (Å²) in [6.07, 6.45) is 2.63. The molecule has 0 aromatic heterocycles. The maximum atomic E-state index is 12.0. The molecular weight excluding hydrogens is 286 g/mol. The number of likely N-dealkylation sites (tertiary alicyclic amines) is 1. The van der Waals surface area contributed by atoms with Gasteiger partial charge in [-0.15, -0.1) is 0 Å². The number of likely N-dealkylation sites (N-methyl/N-ethyl adjacent to an activating group) is 1. The van der Waals surface area contributed by atoms with E-state index < -0.39 is 0 Å². The lowest BCUT2D eigenvalue weighted by Crippen LogP contribution is -2.35. The van der Waals surface area contributed by atoms with E-state index in [1.165, 1.54) is 0 Å². The van der Waals surface area contributed by atoms with Gasteiger partial charge in [0.1, 0.15) is 5.75 Å². The fourth-order valence-corrected chi connectivity index (χ4v) is 2.62. The van der Waals surface area contributed by atoms with Crippen molar-refractivity contribution in [3.63, 3.8) is 0 Å². The van der Waals surface area contributed by atoms with Crippen LogP contribution in [0.3, 0.4) is 0 Å². The SMILES string of the molecule is CCN1CCC(=O)/C(=C/c2ccc(OC(C)C)c(Cl)c2)C1. The van der Waals surface area contributed by atoms with Gasteiger partial charge < -0.3 is 4.74 Å². The number of ether oxygens (including phenoxy) is 1. The Hall–Kier alpha value is -1.32. The summed E-state index contributed by atoms with van der Waals surface area (Å²) in [5, 5.41) is 0.577. The molecule has 0 bridgehead atoms. The second-order valence-corrected chi connectivity index (χ2v) is 5.98. The van der Waals surface area contributed by atoms with Crippen LogP contribution in [0, 0.1) is 0 Å². The number of nitrogens with zero attached hydrogens (tertiary/aromatic N) is 1. The highest BCUT2D eigenvalue weighted by Crippen LogP contribution is 2.27. The van der Waals surface area contributed by atoms with E-state index in [0.29, 0.717) is 17.2 Å². The largest absolute Gasteiger partial charge is 0.489 e. The molecule has 0 unspecified atom stereocenters. The molecule has 3 nitrogen and oxygen atoms in total. The molecule has 1 aromatic carbocycles. The Morgan fingerprint density at radius 2 is 2.19 bits per heavy atom. The Labute approximate surface area is 131 Å². The Kier molecular flexibility index (Phi) is 5.43. The quantitative estimate of drug-likeness (QED) is 0.792. The lowest BCUT2D eigenvalue weighted by molar-refractivity contribution is -0.117. The van der Waals surface area contributed by atoms with E-state index in [1.807, 2.05) is 38.1 Å². The Balaban J connectivity index is 2.19. The third-order valence-electron chi connectivity index (χ3n) is 3.51. The number of piperidine rings is 1. The predicted molar refractivity (Wildman–Crippen MR) is 86.9 cm³/mol. The van der Waals surface area contributed by atoms with Gasteiger partial charge in [0.15, 0.2) is 5.78 Å². The van der Waals surface area contributed by atoms with Crippen molar-refractivity contribution in [2.75, 3.05) is 19.6 Å². The number of carbonyl (C=O) groups excluding carboxylic acids is 1. The van der Waals surface area contributed by atoms with Crippen LogP contribution in [0.5, 0.6) is 5.75 Å². The summed E-state index contributed by atoms with van der Waals surface area (Å²) in [6, 6.07) is 5.65. The summed E-state index contributed by atoms with van der Waals surface area (Å²) in [6.45, 7) is 8.58. The zero-order valence-corrected chi connectivity index (χ0v) is 13.6. The van der Waals surface area contributed by atoms with Crippen molar-refractivity contribution in [2.45, 2.75) is 33.3 Å². The van der Waals surface area contributed by atoms with Gasteiger partial charge in [-0.3, -0.25) is 9.69 Å². The zero-order valence-electron chi connectivity index (χ0n) is 12.9. The fraction of sp³-hybridized carbons (Fsp3) is 0.471. The van der Waals surface area contributed by atoms with Crippen LogP contribution in [-0.4, -0.2) is 36.4 Å². The molecule has 0 spiro atoms. The van der Waals surface area contributed by atoms with Crippen LogP contribution >= 0.6 is 11.6 Å². The topological polar surface area (TPSA) is 29.5 Å². The summed E-state index contributed by atoms with van der Waals surface area (Å²) in [5.41, 5.74) is 1.80. The minimum Gasteiger partial charge on any atom is -0.489 e. The second-order valence-electron chi connectivity index (χ2n) is 5.57.